The van der Waals surface area contributed by atoms with Crippen molar-refractivity contribution < 1.29 is 0 Å². The van der Waals surface area contributed by atoms with Crippen molar-refractivity contribution in [3.8, 4) is 22.4 Å². The summed E-state index contributed by atoms with van der Waals surface area (Å²) in [4.78, 5) is 4.66. The molecule has 1 heterocycles. The molecule has 4 rings (SSSR count). The average molecular weight is 337 g/mol. The number of fused-ring (bicyclic) bond motifs is 1. The normalized spacial score (nSPS) is 11.7. The van der Waals surface area contributed by atoms with Gasteiger partial charge in [-0.1, -0.05) is 87.5 Å². The number of pyridine rings is 1. The molecule has 0 bridgehead atoms. The Morgan fingerprint density at radius 3 is 2.15 bits per heavy atom. The van der Waals surface area contributed by atoms with Gasteiger partial charge in [-0.05, 0) is 39.6 Å². The van der Waals surface area contributed by atoms with Crippen LogP contribution in [0.3, 0.4) is 0 Å². The third kappa shape index (κ3) is 3.13. The summed E-state index contributed by atoms with van der Waals surface area (Å²) < 4.78 is 0. The molecule has 0 atom stereocenters. The van der Waals surface area contributed by atoms with Crippen molar-refractivity contribution in [1.29, 1.82) is 0 Å². The lowest BCUT2D eigenvalue weighted by Gasteiger charge is -2.19. The van der Waals surface area contributed by atoms with Crippen LogP contribution in [0.5, 0.6) is 0 Å². The SMILES string of the molecule is CC(C)(C)c1ccc(-c2cccc(-c3nccc4ccccc34)c2)cc1. The fraction of sp³-hybridized carbons (Fsp3) is 0.160. The maximum Gasteiger partial charge on any atom is 0.0780 e. The van der Waals surface area contributed by atoms with Gasteiger partial charge in [0.15, 0.2) is 0 Å². The van der Waals surface area contributed by atoms with E-state index < -0.39 is 0 Å². The number of aromatic nitrogens is 1. The lowest BCUT2D eigenvalue weighted by Crippen LogP contribution is -2.10. The zero-order chi connectivity index (χ0) is 18.1. The molecular formula is C25H23N. The second-order valence-corrected chi connectivity index (χ2v) is 7.79. The first-order valence-electron chi connectivity index (χ1n) is 9.07. The zero-order valence-electron chi connectivity index (χ0n) is 15.5. The van der Waals surface area contributed by atoms with Gasteiger partial charge in [0.2, 0.25) is 0 Å². The van der Waals surface area contributed by atoms with Crippen molar-refractivity contribution in [1.82, 2.24) is 4.98 Å². The van der Waals surface area contributed by atoms with Crippen LogP contribution in [0.25, 0.3) is 33.2 Å². The van der Waals surface area contributed by atoms with Gasteiger partial charge in [0.25, 0.3) is 0 Å². The van der Waals surface area contributed by atoms with Crippen LogP contribution < -0.4 is 0 Å². The van der Waals surface area contributed by atoms with Crippen LogP contribution >= 0.6 is 0 Å². The van der Waals surface area contributed by atoms with Gasteiger partial charge in [-0.2, -0.15) is 0 Å². The molecule has 0 fully saturated rings. The maximum absolute atomic E-state index is 4.66. The van der Waals surface area contributed by atoms with E-state index in [9.17, 15) is 0 Å². The van der Waals surface area contributed by atoms with Crippen LogP contribution in [0.4, 0.5) is 0 Å². The second kappa shape index (κ2) is 6.42. The lowest BCUT2D eigenvalue weighted by molar-refractivity contribution is 0.590. The Kier molecular flexibility index (Phi) is 4.08. The molecule has 0 amide bonds. The number of benzene rings is 3. The van der Waals surface area contributed by atoms with Gasteiger partial charge in [0.05, 0.1) is 5.69 Å². The van der Waals surface area contributed by atoms with Gasteiger partial charge in [-0.15, -0.1) is 0 Å². The van der Waals surface area contributed by atoms with E-state index in [1.165, 1.54) is 27.5 Å². The smallest absolute Gasteiger partial charge is 0.0780 e. The van der Waals surface area contributed by atoms with Crippen molar-refractivity contribution in [2.45, 2.75) is 26.2 Å². The van der Waals surface area contributed by atoms with Crippen LogP contribution in [0, 0.1) is 0 Å². The predicted molar refractivity (Wildman–Crippen MR) is 111 cm³/mol. The summed E-state index contributed by atoms with van der Waals surface area (Å²) in [6.45, 7) is 6.73. The molecule has 0 N–H and O–H groups in total. The third-order valence-electron chi connectivity index (χ3n) is 4.89. The summed E-state index contributed by atoms with van der Waals surface area (Å²) in [6.07, 6.45) is 1.89. The molecule has 0 spiro atoms. The average Bonchev–Trinajstić information content (AvgIpc) is 2.67. The Morgan fingerprint density at radius 2 is 1.38 bits per heavy atom. The lowest BCUT2D eigenvalue weighted by atomic mass is 9.86. The predicted octanol–water partition coefficient (Wildman–Crippen LogP) is 6.87. The van der Waals surface area contributed by atoms with Crippen molar-refractivity contribution in [2.75, 3.05) is 0 Å². The van der Waals surface area contributed by atoms with E-state index in [0.29, 0.717) is 0 Å². The van der Waals surface area contributed by atoms with E-state index in [1.807, 2.05) is 6.20 Å². The van der Waals surface area contributed by atoms with Gasteiger partial charge in [0.1, 0.15) is 0 Å². The Morgan fingerprint density at radius 1 is 0.654 bits per heavy atom. The minimum atomic E-state index is 0.174. The first kappa shape index (κ1) is 16.5. The van der Waals surface area contributed by atoms with E-state index in [0.717, 1.165) is 11.3 Å². The minimum Gasteiger partial charge on any atom is -0.256 e. The second-order valence-electron chi connectivity index (χ2n) is 7.79. The minimum absolute atomic E-state index is 0.174. The number of nitrogens with zero attached hydrogens (tertiary/aromatic N) is 1. The molecule has 4 aromatic rings. The summed E-state index contributed by atoms with van der Waals surface area (Å²) in [7, 11) is 0. The van der Waals surface area contributed by atoms with Crippen LogP contribution in [0.1, 0.15) is 26.3 Å². The molecule has 0 aliphatic heterocycles. The van der Waals surface area contributed by atoms with Gasteiger partial charge < -0.3 is 0 Å². The molecule has 0 saturated carbocycles. The molecule has 0 aliphatic carbocycles. The first-order chi connectivity index (χ1) is 12.5. The summed E-state index contributed by atoms with van der Waals surface area (Å²) >= 11 is 0. The summed E-state index contributed by atoms with van der Waals surface area (Å²) in [5.74, 6) is 0. The van der Waals surface area contributed by atoms with E-state index in [2.05, 4.69) is 105 Å². The topological polar surface area (TPSA) is 12.9 Å². The van der Waals surface area contributed by atoms with Crippen LogP contribution in [-0.2, 0) is 5.41 Å². The number of rotatable bonds is 2. The Labute approximate surface area is 155 Å². The molecule has 0 radical (unpaired) electrons. The molecule has 3 aromatic carbocycles. The first-order valence-corrected chi connectivity index (χ1v) is 9.07. The highest BCUT2D eigenvalue weighted by molar-refractivity contribution is 5.95. The largest absolute Gasteiger partial charge is 0.256 e. The quantitative estimate of drug-likeness (QED) is 0.389. The summed E-state index contributed by atoms with van der Waals surface area (Å²) in [5.41, 5.74) is 6.18. The van der Waals surface area contributed by atoms with Gasteiger partial charge in [-0.25, -0.2) is 0 Å². The van der Waals surface area contributed by atoms with E-state index in [1.54, 1.807) is 0 Å². The molecule has 1 aromatic heterocycles. The number of hydrogen-bond donors (Lipinski definition) is 0. The molecular weight excluding hydrogens is 314 g/mol. The molecule has 26 heavy (non-hydrogen) atoms. The highest BCUT2D eigenvalue weighted by atomic mass is 14.7. The van der Waals surface area contributed by atoms with Crippen LogP contribution in [0.2, 0.25) is 0 Å². The standard InChI is InChI=1S/C25H23N/c1-25(2,3)22-13-11-18(12-14-22)20-8-6-9-21(17-20)24-23-10-5-4-7-19(23)15-16-26-24/h4-17H,1-3H3. The monoisotopic (exact) mass is 337 g/mol. The van der Waals surface area contributed by atoms with E-state index in [-0.39, 0.29) is 5.41 Å². The van der Waals surface area contributed by atoms with Crippen LogP contribution in [0.15, 0.2) is 85.1 Å². The molecule has 0 aliphatic rings. The van der Waals surface area contributed by atoms with Gasteiger partial charge >= 0.3 is 0 Å². The molecule has 1 nitrogen and oxygen atoms in total. The molecule has 0 unspecified atom stereocenters. The van der Waals surface area contributed by atoms with Crippen molar-refractivity contribution in [3.05, 3.63) is 90.6 Å². The third-order valence-corrected chi connectivity index (χ3v) is 4.89. The summed E-state index contributed by atoms with van der Waals surface area (Å²) in [5, 5.41) is 2.41. The Hall–Kier alpha value is -2.93. The highest BCUT2D eigenvalue weighted by Gasteiger charge is 2.13. The molecule has 1 heteroatoms. The van der Waals surface area contributed by atoms with E-state index in [4.69, 9.17) is 0 Å². The number of hydrogen-bond acceptors (Lipinski definition) is 1. The van der Waals surface area contributed by atoms with Crippen molar-refractivity contribution in [3.63, 3.8) is 0 Å². The maximum atomic E-state index is 4.66. The van der Waals surface area contributed by atoms with Crippen molar-refractivity contribution >= 4 is 10.8 Å². The fourth-order valence-corrected chi connectivity index (χ4v) is 3.36. The Balaban J connectivity index is 1.77. The van der Waals surface area contributed by atoms with Gasteiger partial charge in [-0.3, -0.25) is 4.98 Å². The Bertz CT molecular complexity index is 1050. The zero-order valence-corrected chi connectivity index (χ0v) is 15.5. The fourth-order valence-electron chi connectivity index (χ4n) is 3.36. The molecule has 0 saturated heterocycles. The van der Waals surface area contributed by atoms with Gasteiger partial charge in [0, 0.05) is 17.1 Å². The van der Waals surface area contributed by atoms with Crippen molar-refractivity contribution in [2.24, 2.45) is 0 Å². The van der Waals surface area contributed by atoms with E-state index >= 15 is 0 Å². The molecule has 128 valence electrons. The summed E-state index contributed by atoms with van der Waals surface area (Å²) in [6, 6.07) is 28.0. The highest BCUT2D eigenvalue weighted by Crippen LogP contribution is 2.31. The van der Waals surface area contributed by atoms with Crippen LogP contribution in [-0.4, -0.2) is 4.98 Å².